The van der Waals surface area contributed by atoms with Crippen molar-refractivity contribution >= 4 is 84.6 Å². The number of pyridine rings is 2. The maximum atomic E-state index is 15.5. The summed E-state index contributed by atoms with van der Waals surface area (Å²) in [5, 5.41) is 0.402. The van der Waals surface area contributed by atoms with Gasteiger partial charge in [-0.05, 0) is 126 Å². The lowest BCUT2D eigenvalue weighted by atomic mass is 9.99. The molecule has 0 spiro atoms. The van der Waals surface area contributed by atoms with Crippen LogP contribution in [-0.4, -0.2) is 64.1 Å². The van der Waals surface area contributed by atoms with E-state index in [2.05, 4.69) is 81.6 Å². The van der Waals surface area contributed by atoms with Crippen molar-refractivity contribution in [1.82, 2.24) is 9.13 Å². The van der Waals surface area contributed by atoms with Gasteiger partial charge in [0.25, 0.3) is 0 Å². The summed E-state index contributed by atoms with van der Waals surface area (Å²) < 4.78 is 71.8. The molecule has 2 aromatic heterocycles. The number of benzene rings is 3. The third-order valence-electron chi connectivity index (χ3n) is 13.8. The normalized spacial score (nSPS) is 13.4. The van der Waals surface area contributed by atoms with Crippen molar-refractivity contribution in [3.05, 3.63) is 124 Å². The summed E-state index contributed by atoms with van der Waals surface area (Å²) in [6, 6.07) is 9.58. The molecule has 10 nitrogen and oxygen atoms in total. The Morgan fingerprint density at radius 1 is 0.671 bits per heavy atom. The van der Waals surface area contributed by atoms with Gasteiger partial charge < -0.3 is 27.5 Å². The van der Waals surface area contributed by atoms with E-state index in [1.807, 2.05) is 41.0 Å². The van der Waals surface area contributed by atoms with Crippen LogP contribution in [0.25, 0.3) is 21.8 Å². The molecule has 0 saturated heterocycles. The monoisotopic (exact) mass is 1140 g/mol. The van der Waals surface area contributed by atoms with Crippen LogP contribution in [0.4, 0.5) is 13.2 Å². The van der Waals surface area contributed by atoms with E-state index < -0.39 is 56.9 Å². The molecule has 0 saturated carbocycles. The molecule has 70 heavy (non-hydrogen) atoms. The predicted molar refractivity (Wildman–Crippen MR) is 289 cm³/mol. The molecule has 0 fully saturated rings. The minimum Gasteiger partial charge on any atom is -0.462 e. The predicted octanol–water partition coefficient (Wildman–Crippen LogP) is 14.1. The minimum absolute atomic E-state index is 0.0210. The summed E-state index contributed by atoms with van der Waals surface area (Å²) in [5.74, 6) is -2.91. The summed E-state index contributed by atoms with van der Waals surface area (Å²) in [6.45, 7) is 34.1. The first-order valence-corrected chi connectivity index (χ1v) is 31.0. The van der Waals surface area contributed by atoms with Crippen LogP contribution in [0, 0.1) is 32.9 Å². The number of fused-ring (bicyclic) bond motifs is 2. The van der Waals surface area contributed by atoms with Crippen LogP contribution < -0.4 is 10.9 Å². The van der Waals surface area contributed by atoms with Crippen LogP contribution in [-0.2, 0) is 24.7 Å². The van der Waals surface area contributed by atoms with Gasteiger partial charge in [0.15, 0.2) is 16.6 Å². The van der Waals surface area contributed by atoms with Gasteiger partial charge in [-0.15, -0.1) is 0 Å². The molecule has 0 aliphatic rings. The number of carbonyl (C=O) groups is 2. The van der Waals surface area contributed by atoms with Crippen molar-refractivity contribution in [3.8, 4) is 0 Å². The number of esters is 2. The largest absolute Gasteiger partial charge is 0.462 e. The van der Waals surface area contributed by atoms with Gasteiger partial charge in [-0.1, -0.05) is 93.0 Å². The molecule has 0 bridgehead atoms. The van der Waals surface area contributed by atoms with Gasteiger partial charge in [0.1, 0.15) is 28.6 Å². The van der Waals surface area contributed by atoms with Gasteiger partial charge in [0, 0.05) is 33.2 Å². The van der Waals surface area contributed by atoms with E-state index in [9.17, 15) is 28.0 Å². The summed E-state index contributed by atoms with van der Waals surface area (Å²) in [4.78, 5) is 51.9. The van der Waals surface area contributed by atoms with Crippen molar-refractivity contribution in [1.29, 1.82) is 0 Å². The zero-order valence-electron chi connectivity index (χ0n) is 43.6. The standard InChI is InChI=1S/C30H38ClF2NO4Si.C23H33FINO4Si/c1-9-37-29(36)22-16-34(26(18(2)3)17-38-39(7,8)30(4,5)6)25-15-24(32)20(14-21(25)28(22)35)13-19-11-10-12-23(31)27(19)33;1-9-29-22(28)16-12-26(19-11-17(24)18(25)10-15(19)21(16)27)20(14(2)3)13-30-31(7,8)23(4,5)6/h10-12,14-16,18,26H,9,13,17H2,1-8H3;10-12,14,20H,9,13H2,1-8H3/t26-;20-/m00/s1. The Kier molecular flexibility index (Phi) is 19.6. The maximum absolute atomic E-state index is 15.5. The fraction of sp³-hybridized carbons (Fsp3) is 0.509. The van der Waals surface area contributed by atoms with E-state index in [0.717, 1.165) is 0 Å². The highest BCUT2D eigenvalue weighted by atomic mass is 127. The van der Waals surface area contributed by atoms with E-state index in [1.54, 1.807) is 24.5 Å². The number of hydrogen-bond acceptors (Lipinski definition) is 8. The summed E-state index contributed by atoms with van der Waals surface area (Å²) in [7, 11) is -4.17. The number of hydrogen-bond donors (Lipinski definition) is 0. The smallest absolute Gasteiger partial charge is 0.343 e. The van der Waals surface area contributed by atoms with Crippen molar-refractivity contribution in [2.75, 3.05) is 26.4 Å². The van der Waals surface area contributed by atoms with Crippen molar-refractivity contribution in [2.24, 2.45) is 11.8 Å². The number of carbonyl (C=O) groups excluding carboxylic acids is 2. The molecule has 0 aliphatic carbocycles. The molecular formula is C53H71ClF3IN2O8Si2. The first kappa shape index (κ1) is 58.8. The Morgan fingerprint density at radius 2 is 1.09 bits per heavy atom. The summed E-state index contributed by atoms with van der Waals surface area (Å²) >= 11 is 7.77. The van der Waals surface area contributed by atoms with Crippen LogP contribution in [0.3, 0.4) is 0 Å². The Hall–Kier alpha value is -3.82. The van der Waals surface area contributed by atoms with Crippen molar-refractivity contribution in [3.63, 3.8) is 0 Å². The van der Waals surface area contributed by atoms with E-state index in [-0.39, 0.29) is 86.3 Å². The number of ether oxygens (including phenoxy) is 2. The zero-order valence-corrected chi connectivity index (χ0v) is 48.5. The number of halogens is 5. The first-order valence-electron chi connectivity index (χ1n) is 23.8. The van der Waals surface area contributed by atoms with Crippen molar-refractivity contribution in [2.45, 2.75) is 138 Å². The third kappa shape index (κ3) is 13.4. The Labute approximate surface area is 432 Å². The van der Waals surface area contributed by atoms with Crippen molar-refractivity contribution < 1.29 is 41.1 Å². The van der Waals surface area contributed by atoms with E-state index >= 15 is 4.39 Å². The molecule has 0 radical (unpaired) electrons. The van der Waals surface area contributed by atoms with Crippen LogP contribution >= 0.6 is 34.2 Å². The molecule has 2 atom stereocenters. The highest BCUT2D eigenvalue weighted by molar-refractivity contribution is 14.1. The molecule has 0 N–H and O–H groups in total. The minimum atomic E-state index is -2.13. The number of nitrogens with zero attached hydrogens (tertiary/aromatic N) is 2. The van der Waals surface area contributed by atoms with Crippen LogP contribution in [0.5, 0.6) is 0 Å². The average molecular weight is 1140 g/mol. The highest BCUT2D eigenvalue weighted by Crippen LogP contribution is 2.39. The van der Waals surface area contributed by atoms with Gasteiger partial charge in [0.05, 0.1) is 54.6 Å². The fourth-order valence-corrected chi connectivity index (χ4v) is 9.95. The van der Waals surface area contributed by atoms with Crippen LogP contribution in [0.15, 0.2) is 64.4 Å². The quantitative estimate of drug-likeness (QED) is 0.0545. The topological polar surface area (TPSA) is 115 Å². The molecule has 0 amide bonds. The number of rotatable bonds is 16. The van der Waals surface area contributed by atoms with Gasteiger partial charge >= 0.3 is 11.9 Å². The molecule has 5 aromatic rings. The number of aromatic nitrogens is 2. The Bertz CT molecular complexity index is 2840. The second-order valence-electron chi connectivity index (χ2n) is 21.4. The molecule has 0 aliphatic heterocycles. The van der Waals surface area contributed by atoms with E-state index in [0.29, 0.717) is 33.2 Å². The molecule has 0 unspecified atom stereocenters. The lowest BCUT2D eigenvalue weighted by Gasteiger charge is -2.38. The Balaban J connectivity index is 0.000000313. The maximum Gasteiger partial charge on any atom is 0.343 e. The van der Waals surface area contributed by atoms with Crippen LogP contribution in [0.2, 0.25) is 41.3 Å². The lowest BCUT2D eigenvalue weighted by molar-refractivity contribution is 0.0514. The van der Waals surface area contributed by atoms with Gasteiger partial charge in [-0.2, -0.15) is 0 Å². The second kappa shape index (κ2) is 23.4. The lowest BCUT2D eigenvalue weighted by Crippen LogP contribution is -2.42. The van der Waals surface area contributed by atoms with Gasteiger partial charge in [-0.3, -0.25) is 9.59 Å². The molecule has 2 heterocycles. The summed E-state index contributed by atoms with van der Waals surface area (Å²) in [6.07, 6.45) is 2.85. The SMILES string of the molecule is CCOC(=O)c1cn([C@@H](CO[Si](C)(C)C(C)(C)C)C(C)C)c2cc(F)c(Cc3cccc(Cl)c3F)cc2c1=O.CCOC(=O)c1cn([C@@H](CO[Si](C)(C)C(C)(C)C)C(C)C)c2cc(F)c(I)cc2c1=O. The third-order valence-corrected chi connectivity index (χ3v) is 23.9. The molecular weight excluding hydrogens is 1070 g/mol. The van der Waals surface area contributed by atoms with Gasteiger partial charge in [-0.25, -0.2) is 22.8 Å². The molecule has 17 heteroatoms. The first-order chi connectivity index (χ1) is 32.3. The molecule has 384 valence electrons. The van der Waals surface area contributed by atoms with Crippen LogP contribution in [0.1, 0.15) is 127 Å². The molecule has 3 aromatic carbocycles. The second-order valence-corrected chi connectivity index (χ2v) is 32.6. The Morgan fingerprint density at radius 3 is 1.49 bits per heavy atom. The van der Waals surface area contributed by atoms with E-state index in [4.69, 9.17) is 29.9 Å². The fourth-order valence-electron chi connectivity index (χ4n) is 7.25. The zero-order chi connectivity index (χ0) is 53.0. The van der Waals surface area contributed by atoms with E-state index in [1.165, 1.54) is 48.8 Å². The van der Waals surface area contributed by atoms with Gasteiger partial charge in [0.2, 0.25) is 10.9 Å². The molecule has 5 rings (SSSR count). The average Bonchev–Trinajstić information content (AvgIpc) is 3.24. The highest BCUT2D eigenvalue weighted by Gasteiger charge is 2.39. The summed E-state index contributed by atoms with van der Waals surface area (Å²) in [5.41, 5.74) is -0.108.